The smallest absolute Gasteiger partial charge is 1.00 e. The predicted molar refractivity (Wildman–Crippen MR) is 87.5 cm³/mol. The molecule has 0 aromatic heterocycles. The Morgan fingerprint density at radius 2 is 1.65 bits per heavy atom. The van der Waals surface area contributed by atoms with Crippen molar-refractivity contribution in [2.24, 2.45) is 0 Å². The van der Waals surface area contributed by atoms with Gasteiger partial charge in [0.05, 0.1) is 9.52 Å². The van der Waals surface area contributed by atoms with Gasteiger partial charge in [-0.25, -0.2) is 11.1 Å². The molecule has 0 atom stereocenters. The van der Waals surface area contributed by atoms with E-state index in [4.69, 9.17) is 0 Å². The zero-order chi connectivity index (χ0) is 13.5. The van der Waals surface area contributed by atoms with Crippen LogP contribution in [-0.4, -0.2) is 9.52 Å². The second-order valence-corrected chi connectivity index (χ2v) is 7.48. The van der Waals surface area contributed by atoms with Crippen LogP contribution in [0.4, 0.5) is 0 Å². The molecule has 0 amide bonds. The third-order valence-electron chi connectivity index (χ3n) is 3.88. The van der Waals surface area contributed by atoms with E-state index in [1.165, 1.54) is 37.7 Å². The maximum absolute atomic E-state index is 3.72. The molecule has 0 N–H and O–H groups in total. The van der Waals surface area contributed by atoms with Gasteiger partial charge in [0.2, 0.25) is 0 Å². The number of allylic oxidation sites excluding steroid dienone is 4. The number of hydrogen-bond acceptors (Lipinski definition) is 0. The standard InChI is InChI=1S/C18H25Si.3ClH.Ti/c1-3-5-7-10-16-14-18(13-15(16)4-2)19-17-11-8-6-9-12-17;;;;/h6,8-9,11-12H,3-5,7,10,14,19H2,1-2H3;3*1H;/q-1;;;;+4/p-3. The van der Waals surface area contributed by atoms with Crippen LogP contribution in [0.25, 0.3) is 0 Å². The summed E-state index contributed by atoms with van der Waals surface area (Å²) in [6.45, 7) is 4.55. The molecule has 2 rings (SSSR count). The van der Waals surface area contributed by atoms with E-state index in [-0.39, 0.29) is 68.5 Å². The summed E-state index contributed by atoms with van der Waals surface area (Å²) in [5.41, 5.74) is 3.21. The number of rotatable bonds is 7. The van der Waals surface area contributed by atoms with Gasteiger partial charge >= 0.3 is 21.7 Å². The first-order valence-electron chi connectivity index (χ1n) is 7.70. The van der Waals surface area contributed by atoms with E-state index in [2.05, 4.69) is 50.3 Å². The molecule has 0 nitrogen and oxygen atoms in total. The van der Waals surface area contributed by atoms with Crippen molar-refractivity contribution >= 4 is 14.7 Å². The van der Waals surface area contributed by atoms with E-state index >= 15 is 0 Å². The van der Waals surface area contributed by atoms with Crippen LogP contribution in [0.1, 0.15) is 52.4 Å². The minimum Gasteiger partial charge on any atom is -1.00 e. The van der Waals surface area contributed by atoms with Crippen LogP contribution < -0.4 is 42.4 Å². The predicted octanol–water partition coefficient (Wildman–Crippen LogP) is -5.13. The molecule has 0 saturated heterocycles. The first-order chi connectivity index (χ1) is 9.33. The van der Waals surface area contributed by atoms with Gasteiger partial charge in [0.25, 0.3) is 0 Å². The van der Waals surface area contributed by atoms with Gasteiger partial charge in [-0.1, -0.05) is 87.9 Å². The Morgan fingerprint density at radius 1 is 1.00 bits per heavy atom. The van der Waals surface area contributed by atoms with Crippen molar-refractivity contribution in [2.45, 2.75) is 52.4 Å². The van der Waals surface area contributed by atoms with Crippen molar-refractivity contribution in [1.29, 1.82) is 0 Å². The SMILES string of the molecule is CCCCCC1=C(CC)[C-]=C([SiH2]c2ccccc2)C1.[Cl-].[Cl-].[Cl-].[Ti+4]. The fraction of sp³-hybridized carbons (Fsp3) is 0.444. The van der Waals surface area contributed by atoms with E-state index in [0.29, 0.717) is 0 Å². The Morgan fingerprint density at radius 3 is 2.22 bits per heavy atom. The monoisotopic (exact) mass is 422 g/mol. The molecule has 1 aromatic carbocycles. The van der Waals surface area contributed by atoms with Crippen LogP contribution >= 0.6 is 0 Å². The molecule has 23 heavy (non-hydrogen) atoms. The summed E-state index contributed by atoms with van der Waals surface area (Å²) in [7, 11) is -0.272. The van der Waals surface area contributed by atoms with Crippen LogP contribution in [0.5, 0.6) is 0 Å². The minimum atomic E-state index is -0.272. The van der Waals surface area contributed by atoms with Crippen molar-refractivity contribution in [3.8, 4) is 0 Å². The normalized spacial score (nSPS) is 12.9. The quantitative estimate of drug-likeness (QED) is 0.234. The minimum absolute atomic E-state index is 0. The van der Waals surface area contributed by atoms with Gasteiger partial charge in [0, 0.05) is 0 Å². The molecule has 5 heteroatoms. The summed E-state index contributed by atoms with van der Waals surface area (Å²) in [5, 5.41) is 3.17. The number of hydrogen-bond donors (Lipinski definition) is 0. The molecule has 126 valence electrons. The Balaban J connectivity index is -0.000001000. The summed E-state index contributed by atoms with van der Waals surface area (Å²) < 4.78 is 0. The Bertz CT molecular complexity index is 472. The zero-order valence-corrected chi connectivity index (χ0v) is 19.2. The second kappa shape index (κ2) is 16.0. The van der Waals surface area contributed by atoms with E-state index in [9.17, 15) is 0 Å². The van der Waals surface area contributed by atoms with Crippen molar-refractivity contribution in [1.82, 2.24) is 0 Å². The first kappa shape index (κ1) is 28.3. The molecular weight excluding hydrogens is 399 g/mol. The van der Waals surface area contributed by atoms with Crippen molar-refractivity contribution in [3.63, 3.8) is 0 Å². The van der Waals surface area contributed by atoms with Crippen LogP contribution in [0.3, 0.4) is 0 Å². The maximum Gasteiger partial charge on any atom is 4.00 e. The number of benzene rings is 1. The topological polar surface area (TPSA) is 0 Å². The Hall–Kier alpha value is 0.501. The van der Waals surface area contributed by atoms with Gasteiger partial charge in [0.15, 0.2) is 0 Å². The van der Waals surface area contributed by atoms with Crippen molar-refractivity contribution in [2.75, 3.05) is 0 Å². The third-order valence-corrected chi connectivity index (χ3v) is 5.61. The summed E-state index contributed by atoms with van der Waals surface area (Å²) in [4.78, 5) is 0. The maximum atomic E-state index is 3.72. The van der Waals surface area contributed by atoms with Crippen LogP contribution in [0.2, 0.25) is 0 Å². The average Bonchev–Trinajstić information content (AvgIpc) is 2.82. The molecule has 1 aliphatic rings. The molecule has 0 radical (unpaired) electrons. The summed E-state index contributed by atoms with van der Waals surface area (Å²) in [6.07, 6.45) is 11.5. The van der Waals surface area contributed by atoms with Crippen LogP contribution in [0, 0.1) is 6.08 Å². The van der Waals surface area contributed by atoms with Gasteiger partial charge in [-0.2, -0.15) is 5.20 Å². The first-order valence-corrected chi connectivity index (χ1v) is 9.11. The molecule has 0 heterocycles. The van der Waals surface area contributed by atoms with Crippen molar-refractivity contribution < 1.29 is 58.9 Å². The Kier molecular flexibility index (Phi) is 19.7. The van der Waals surface area contributed by atoms with E-state index in [1.54, 1.807) is 16.0 Å². The van der Waals surface area contributed by atoms with Gasteiger partial charge in [-0.3, -0.25) is 6.08 Å². The van der Waals surface area contributed by atoms with Crippen molar-refractivity contribution in [3.05, 3.63) is 52.8 Å². The van der Waals surface area contributed by atoms with Gasteiger partial charge in [-0.15, -0.1) is 0 Å². The molecule has 0 unspecified atom stereocenters. The summed E-state index contributed by atoms with van der Waals surface area (Å²) in [6, 6.07) is 11.0. The summed E-state index contributed by atoms with van der Waals surface area (Å²) >= 11 is 0. The molecule has 0 aliphatic heterocycles. The molecule has 0 saturated carbocycles. The molecule has 1 aromatic rings. The van der Waals surface area contributed by atoms with Crippen LogP contribution in [-0.2, 0) is 21.7 Å². The zero-order valence-electron chi connectivity index (χ0n) is 14.0. The van der Waals surface area contributed by atoms with E-state index in [1.807, 2.05) is 0 Å². The molecule has 0 spiro atoms. The molecular formula is C18H25Cl3SiTi. The number of unbranched alkanes of at least 4 members (excludes halogenated alkanes) is 2. The van der Waals surface area contributed by atoms with Gasteiger partial charge < -0.3 is 37.2 Å². The largest absolute Gasteiger partial charge is 4.00 e. The molecule has 1 aliphatic carbocycles. The second-order valence-electron chi connectivity index (χ2n) is 5.46. The van der Waals surface area contributed by atoms with Crippen LogP contribution in [0.15, 0.2) is 46.7 Å². The average molecular weight is 424 g/mol. The Labute approximate surface area is 177 Å². The van der Waals surface area contributed by atoms with Gasteiger partial charge in [-0.05, 0) is 0 Å². The van der Waals surface area contributed by atoms with Gasteiger partial charge in [0.1, 0.15) is 0 Å². The van der Waals surface area contributed by atoms with E-state index in [0.717, 1.165) is 6.42 Å². The van der Waals surface area contributed by atoms with E-state index < -0.39 is 0 Å². The molecule has 0 bridgehead atoms. The fourth-order valence-corrected chi connectivity index (χ4v) is 4.55. The third kappa shape index (κ3) is 9.53. The number of halogens is 3. The molecule has 0 fully saturated rings. The fourth-order valence-electron chi connectivity index (χ4n) is 2.83. The summed E-state index contributed by atoms with van der Waals surface area (Å²) in [5.74, 6) is 0.